The zero-order chi connectivity index (χ0) is 20.6. The SMILES string of the molecule is CCOc1ccc(Cc2cc([C@]34C[C@@H](C)[C@H](O)[C@](CO)(CO3)O4)ccc2Cl)cc1. The van der Waals surface area contributed by atoms with Crippen molar-refractivity contribution >= 4 is 11.6 Å². The molecule has 2 aliphatic heterocycles. The fourth-order valence-corrected chi connectivity index (χ4v) is 4.58. The lowest BCUT2D eigenvalue weighted by Crippen LogP contribution is -2.56. The van der Waals surface area contributed by atoms with E-state index in [9.17, 15) is 10.2 Å². The van der Waals surface area contributed by atoms with Crippen LogP contribution in [0, 0.1) is 5.92 Å². The van der Waals surface area contributed by atoms with Gasteiger partial charge in [0.05, 0.1) is 25.9 Å². The Kier molecular flexibility index (Phi) is 5.62. The number of aliphatic hydroxyl groups is 2. The van der Waals surface area contributed by atoms with E-state index >= 15 is 0 Å². The van der Waals surface area contributed by atoms with E-state index in [-0.39, 0.29) is 19.1 Å². The van der Waals surface area contributed by atoms with Crippen molar-refractivity contribution in [2.75, 3.05) is 19.8 Å². The van der Waals surface area contributed by atoms with Gasteiger partial charge in [0.25, 0.3) is 0 Å². The molecule has 2 N–H and O–H groups in total. The molecular formula is C23H27ClO5. The average molecular weight is 419 g/mol. The minimum atomic E-state index is -1.08. The molecule has 4 atom stereocenters. The highest BCUT2D eigenvalue weighted by molar-refractivity contribution is 6.31. The largest absolute Gasteiger partial charge is 0.494 e. The Morgan fingerprint density at radius 1 is 1.21 bits per heavy atom. The highest BCUT2D eigenvalue weighted by atomic mass is 35.5. The quantitative estimate of drug-likeness (QED) is 0.749. The molecule has 5 nitrogen and oxygen atoms in total. The summed E-state index contributed by atoms with van der Waals surface area (Å²) in [6.45, 7) is 4.43. The fourth-order valence-electron chi connectivity index (χ4n) is 4.40. The van der Waals surface area contributed by atoms with Crippen LogP contribution in [-0.4, -0.2) is 41.7 Å². The lowest BCUT2D eigenvalue weighted by atomic mass is 9.81. The highest BCUT2D eigenvalue weighted by Gasteiger charge is 2.61. The van der Waals surface area contributed by atoms with Gasteiger partial charge in [0.15, 0.2) is 5.79 Å². The van der Waals surface area contributed by atoms with Gasteiger partial charge in [-0.2, -0.15) is 0 Å². The number of fused-ring (bicyclic) bond motifs is 2. The summed E-state index contributed by atoms with van der Waals surface area (Å²) in [5.74, 6) is -0.194. The van der Waals surface area contributed by atoms with Gasteiger partial charge in [-0.1, -0.05) is 36.7 Å². The average Bonchev–Trinajstić information content (AvgIpc) is 3.07. The van der Waals surface area contributed by atoms with Crippen LogP contribution >= 0.6 is 11.6 Å². The molecule has 0 spiro atoms. The molecule has 2 saturated heterocycles. The van der Waals surface area contributed by atoms with Crippen molar-refractivity contribution in [1.29, 1.82) is 0 Å². The van der Waals surface area contributed by atoms with Crippen LogP contribution in [0.1, 0.15) is 37.0 Å². The summed E-state index contributed by atoms with van der Waals surface area (Å²) in [5, 5.41) is 21.1. The number of aliphatic hydroxyl groups excluding tert-OH is 2. The van der Waals surface area contributed by atoms with Crippen LogP contribution in [0.2, 0.25) is 5.02 Å². The molecule has 0 saturated carbocycles. The van der Waals surface area contributed by atoms with Crippen molar-refractivity contribution in [2.45, 2.75) is 44.2 Å². The molecular weight excluding hydrogens is 392 g/mol. The zero-order valence-corrected chi connectivity index (χ0v) is 17.5. The molecule has 0 amide bonds. The van der Waals surface area contributed by atoms with Crippen molar-refractivity contribution in [3.8, 4) is 5.75 Å². The van der Waals surface area contributed by atoms with E-state index < -0.39 is 17.5 Å². The molecule has 2 aromatic carbocycles. The van der Waals surface area contributed by atoms with Gasteiger partial charge in [-0.05, 0) is 54.7 Å². The predicted octanol–water partition coefficient (Wildman–Crippen LogP) is 3.66. The standard InChI is InChI=1S/C23H27ClO5/c1-3-27-19-7-4-16(5-8-19)10-17-11-18(6-9-20(17)24)23-12-15(2)21(26)22(13-25,29-23)14-28-23/h4-9,11,15,21,25-26H,3,10,12-14H2,1-2H3/t15-,21+,22+,23-/m1/s1. The van der Waals surface area contributed by atoms with Gasteiger partial charge >= 0.3 is 0 Å². The van der Waals surface area contributed by atoms with E-state index in [1.807, 2.05) is 56.3 Å². The Bertz CT molecular complexity index is 870. The summed E-state index contributed by atoms with van der Waals surface area (Å²) in [5.41, 5.74) is 1.87. The van der Waals surface area contributed by atoms with Crippen LogP contribution in [0.5, 0.6) is 5.75 Å². The Balaban J connectivity index is 1.62. The molecule has 156 valence electrons. The van der Waals surface area contributed by atoms with Crippen molar-refractivity contribution in [3.63, 3.8) is 0 Å². The summed E-state index contributed by atoms with van der Waals surface area (Å²) in [4.78, 5) is 0. The lowest BCUT2D eigenvalue weighted by molar-refractivity contribution is -0.269. The van der Waals surface area contributed by atoms with E-state index in [4.69, 9.17) is 25.8 Å². The van der Waals surface area contributed by atoms with Crippen LogP contribution in [0.25, 0.3) is 0 Å². The Morgan fingerprint density at radius 3 is 2.66 bits per heavy atom. The first kappa shape index (κ1) is 20.6. The summed E-state index contributed by atoms with van der Waals surface area (Å²) < 4.78 is 17.8. The van der Waals surface area contributed by atoms with Gasteiger partial charge < -0.3 is 24.4 Å². The molecule has 0 radical (unpaired) electrons. The van der Waals surface area contributed by atoms with E-state index in [0.29, 0.717) is 24.5 Å². The maximum atomic E-state index is 10.5. The molecule has 4 rings (SSSR count). The second kappa shape index (κ2) is 7.89. The van der Waals surface area contributed by atoms with Gasteiger partial charge in [-0.25, -0.2) is 0 Å². The summed E-state index contributed by atoms with van der Waals surface area (Å²) >= 11 is 6.49. The van der Waals surface area contributed by atoms with Crippen molar-refractivity contribution in [3.05, 3.63) is 64.2 Å². The molecule has 0 unspecified atom stereocenters. The predicted molar refractivity (Wildman–Crippen MR) is 110 cm³/mol. The van der Waals surface area contributed by atoms with Crippen molar-refractivity contribution in [2.24, 2.45) is 5.92 Å². The van der Waals surface area contributed by atoms with E-state index in [2.05, 4.69) is 0 Å². The third-order valence-electron chi connectivity index (χ3n) is 5.97. The van der Waals surface area contributed by atoms with Gasteiger partial charge in [0, 0.05) is 17.0 Å². The third kappa shape index (κ3) is 3.66. The Hall–Kier alpha value is -1.63. The van der Waals surface area contributed by atoms with Gasteiger partial charge in [0.2, 0.25) is 0 Å². The Labute approximate surface area is 176 Å². The second-order valence-corrected chi connectivity index (χ2v) is 8.46. The number of hydrogen-bond donors (Lipinski definition) is 2. The number of ether oxygens (including phenoxy) is 3. The molecule has 2 heterocycles. The molecule has 0 aliphatic carbocycles. The molecule has 6 heteroatoms. The van der Waals surface area contributed by atoms with Crippen LogP contribution in [0.15, 0.2) is 42.5 Å². The molecule has 2 aromatic rings. The van der Waals surface area contributed by atoms with Crippen molar-refractivity contribution < 1.29 is 24.4 Å². The Morgan fingerprint density at radius 2 is 1.97 bits per heavy atom. The molecule has 29 heavy (non-hydrogen) atoms. The summed E-state index contributed by atoms with van der Waals surface area (Å²) in [6.07, 6.45) is 0.414. The van der Waals surface area contributed by atoms with Crippen molar-refractivity contribution in [1.82, 2.24) is 0 Å². The van der Waals surface area contributed by atoms with Gasteiger partial charge in [-0.15, -0.1) is 0 Å². The van der Waals surface area contributed by atoms with Crippen LogP contribution < -0.4 is 4.74 Å². The molecule has 2 fully saturated rings. The number of benzene rings is 2. The summed E-state index contributed by atoms with van der Waals surface area (Å²) in [7, 11) is 0. The zero-order valence-electron chi connectivity index (χ0n) is 16.7. The topological polar surface area (TPSA) is 68.2 Å². The van der Waals surface area contributed by atoms with Crippen LogP contribution in [0.3, 0.4) is 0 Å². The molecule has 0 aromatic heterocycles. The monoisotopic (exact) mass is 418 g/mol. The van der Waals surface area contributed by atoms with Crippen LogP contribution in [-0.2, 0) is 21.7 Å². The third-order valence-corrected chi connectivity index (χ3v) is 6.34. The minimum absolute atomic E-state index is 0.0661. The van der Waals surface area contributed by atoms with Gasteiger partial charge in [0.1, 0.15) is 11.4 Å². The van der Waals surface area contributed by atoms with E-state index in [1.54, 1.807) is 0 Å². The maximum absolute atomic E-state index is 10.5. The lowest BCUT2D eigenvalue weighted by Gasteiger charge is -2.43. The highest BCUT2D eigenvalue weighted by Crippen LogP contribution is 2.51. The first-order valence-electron chi connectivity index (χ1n) is 10.0. The normalized spacial score (nSPS) is 31.1. The number of halogens is 1. The van der Waals surface area contributed by atoms with E-state index in [0.717, 1.165) is 22.4 Å². The fraction of sp³-hybridized carbons (Fsp3) is 0.478. The first-order chi connectivity index (χ1) is 13.9. The second-order valence-electron chi connectivity index (χ2n) is 8.05. The molecule has 2 aliphatic rings. The van der Waals surface area contributed by atoms with E-state index in [1.165, 1.54) is 0 Å². The van der Waals surface area contributed by atoms with Crippen LogP contribution in [0.4, 0.5) is 0 Å². The first-order valence-corrected chi connectivity index (χ1v) is 10.4. The molecule has 2 bridgehead atoms. The van der Waals surface area contributed by atoms with Gasteiger partial charge in [-0.3, -0.25) is 0 Å². The summed E-state index contributed by atoms with van der Waals surface area (Å²) in [6, 6.07) is 13.8. The smallest absolute Gasteiger partial charge is 0.196 e. The number of hydrogen-bond acceptors (Lipinski definition) is 5. The maximum Gasteiger partial charge on any atom is 0.196 e. The number of rotatable bonds is 6. The minimum Gasteiger partial charge on any atom is -0.494 e.